The summed E-state index contributed by atoms with van der Waals surface area (Å²) in [7, 11) is 4.07. The van der Waals surface area contributed by atoms with Gasteiger partial charge in [-0.25, -0.2) is 0 Å². The molecular formula is C23H26N2O2. The van der Waals surface area contributed by atoms with E-state index in [4.69, 9.17) is 4.74 Å². The van der Waals surface area contributed by atoms with Gasteiger partial charge in [0.1, 0.15) is 5.75 Å². The van der Waals surface area contributed by atoms with Crippen LogP contribution < -0.4 is 10.1 Å². The fourth-order valence-corrected chi connectivity index (χ4v) is 3.27. The number of nitrogens with zero attached hydrogens (tertiary/aromatic N) is 1. The predicted octanol–water partition coefficient (Wildman–Crippen LogP) is 4.27. The Bertz CT molecular complexity index is 898. The van der Waals surface area contributed by atoms with Crippen LogP contribution in [0, 0.1) is 0 Å². The van der Waals surface area contributed by atoms with E-state index in [9.17, 15) is 4.79 Å². The van der Waals surface area contributed by atoms with Crippen LogP contribution in [0.4, 0.5) is 0 Å². The quantitative estimate of drug-likeness (QED) is 0.682. The molecule has 0 aliphatic heterocycles. The van der Waals surface area contributed by atoms with E-state index < -0.39 is 0 Å². The smallest absolute Gasteiger partial charge is 0.251 e. The third kappa shape index (κ3) is 4.47. The predicted molar refractivity (Wildman–Crippen MR) is 110 cm³/mol. The number of carbonyl (C=O) groups is 1. The van der Waals surface area contributed by atoms with Gasteiger partial charge >= 0.3 is 0 Å². The van der Waals surface area contributed by atoms with Gasteiger partial charge in [0.25, 0.3) is 5.91 Å². The Morgan fingerprint density at radius 3 is 2.41 bits per heavy atom. The fourth-order valence-electron chi connectivity index (χ4n) is 3.27. The SMILES string of the molecule is CCOc1ccc(C(=O)NC[C@H](c2cccc3ccccc23)N(C)C)cc1. The third-order valence-corrected chi connectivity index (χ3v) is 4.69. The van der Waals surface area contributed by atoms with Crippen molar-refractivity contribution in [3.8, 4) is 5.75 Å². The highest BCUT2D eigenvalue weighted by Crippen LogP contribution is 2.26. The molecule has 3 aromatic rings. The number of rotatable bonds is 7. The summed E-state index contributed by atoms with van der Waals surface area (Å²) in [5.41, 5.74) is 1.85. The molecule has 1 amide bonds. The number of likely N-dealkylation sites (N-methyl/N-ethyl adjacent to an activating group) is 1. The zero-order chi connectivity index (χ0) is 19.2. The van der Waals surface area contributed by atoms with Crippen molar-refractivity contribution in [2.24, 2.45) is 0 Å². The summed E-state index contributed by atoms with van der Waals surface area (Å²) in [6.45, 7) is 3.09. The second-order valence-corrected chi connectivity index (χ2v) is 6.72. The van der Waals surface area contributed by atoms with Crippen LogP contribution in [0.1, 0.15) is 28.9 Å². The number of benzene rings is 3. The second-order valence-electron chi connectivity index (χ2n) is 6.72. The summed E-state index contributed by atoms with van der Waals surface area (Å²) in [5, 5.41) is 5.50. The minimum absolute atomic E-state index is 0.0786. The summed E-state index contributed by atoms with van der Waals surface area (Å²) in [6, 6.07) is 22.0. The highest BCUT2D eigenvalue weighted by atomic mass is 16.5. The minimum atomic E-state index is -0.0786. The average Bonchev–Trinajstić information content (AvgIpc) is 2.68. The highest BCUT2D eigenvalue weighted by molar-refractivity contribution is 5.94. The standard InChI is InChI=1S/C23H26N2O2/c1-4-27-19-14-12-18(13-15-19)23(26)24-16-22(25(2)3)21-11-7-9-17-8-5-6-10-20(17)21/h5-15,22H,4,16H2,1-3H3,(H,24,26)/t22-/m1/s1. The molecule has 0 saturated carbocycles. The Hall–Kier alpha value is -2.85. The lowest BCUT2D eigenvalue weighted by Gasteiger charge is -2.26. The van der Waals surface area contributed by atoms with Crippen LogP contribution in [0.15, 0.2) is 66.7 Å². The Balaban J connectivity index is 1.76. The van der Waals surface area contributed by atoms with Crippen molar-refractivity contribution in [3.05, 3.63) is 77.9 Å². The molecule has 3 aromatic carbocycles. The number of ether oxygens (including phenoxy) is 1. The van der Waals surface area contributed by atoms with Gasteiger partial charge in [-0.3, -0.25) is 4.79 Å². The lowest BCUT2D eigenvalue weighted by atomic mass is 9.98. The average molecular weight is 362 g/mol. The summed E-state index contributed by atoms with van der Waals surface area (Å²) < 4.78 is 5.43. The maximum absolute atomic E-state index is 12.6. The molecule has 0 aliphatic rings. The van der Waals surface area contributed by atoms with Crippen LogP contribution in [-0.4, -0.2) is 38.1 Å². The zero-order valence-electron chi connectivity index (χ0n) is 16.1. The van der Waals surface area contributed by atoms with Crippen LogP contribution in [0.3, 0.4) is 0 Å². The van der Waals surface area contributed by atoms with Crippen molar-refractivity contribution in [2.75, 3.05) is 27.2 Å². The van der Waals surface area contributed by atoms with Gasteiger partial charge in [0.05, 0.1) is 12.6 Å². The normalized spacial score (nSPS) is 12.1. The Labute approximate surface area is 160 Å². The number of nitrogens with one attached hydrogen (secondary N) is 1. The maximum Gasteiger partial charge on any atom is 0.251 e. The zero-order valence-corrected chi connectivity index (χ0v) is 16.1. The number of fused-ring (bicyclic) bond motifs is 1. The van der Waals surface area contributed by atoms with Gasteiger partial charge in [-0.1, -0.05) is 42.5 Å². The molecule has 0 fully saturated rings. The van der Waals surface area contributed by atoms with E-state index in [0.717, 1.165) is 5.75 Å². The molecule has 0 spiro atoms. The largest absolute Gasteiger partial charge is 0.494 e. The monoisotopic (exact) mass is 362 g/mol. The lowest BCUT2D eigenvalue weighted by Crippen LogP contribution is -2.34. The number of hydrogen-bond donors (Lipinski definition) is 1. The second kappa shape index (κ2) is 8.69. The molecule has 3 rings (SSSR count). The van der Waals surface area contributed by atoms with Crippen molar-refractivity contribution >= 4 is 16.7 Å². The molecule has 140 valence electrons. The highest BCUT2D eigenvalue weighted by Gasteiger charge is 2.18. The van der Waals surface area contributed by atoms with E-state index in [1.165, 1.54) is 16.3 Å². The van der Waals surface area contributed by atoms with Gasteiger partial charge in [-0.15, -0.1) is 0 Å². The molecule has 0 heterocycles. The molecule has 0 aliphatic carbocycles. The van der Waals surface area contributed by atoms with Crippen molar-refractivity contribution in [2.45, 2.75) is 13.0 Å². The molecule has 0 radical (unpaired) electrons. The summed E-state index contributed by atoms with van der Waals surface area (Å²) >= 11 is 0. The van der Waals surface area contributed by atoms with E-state index in [2.05, 4.69) is 46.6 Å². The fraction of sp³-hybridized carbons (Fsp3) is 0.261. The summed E-state index contributed by atoms with van der Waals surface area (Å²) in [5.74, 6) is 0.695. The Kier molecular flexibility index (Phi) is 6.09. The molecule has 4 nitrogen and oxygen atoms in total. The lowest BCUT2D eigenvalue weighted by molar-refractivity contribution is 0.0942. The van der Waals surface area contributed by atoms with Gasteiger partial charge in [-0.05, 0) is 61.6 Å². The summed E-state index contributed by atoms with van der Waals surface area (Å²) in [6.07, 6.45) is 0. The molecule has 1 N–H and O–H groups in total. The first-order chi connectivity index (χ1) is 13.1. The van der Waals surface area contributed by atoms with E-state index in [-0.39, 0.29) is 11.9 Å². The molecule has 1 atom stereocenters. The number of carbonyl (C=O) groups excluding carboxylic acids is 1. The first kappa shape index (κ1) is 18.9. The van der Waals surface area contributed by atoms with Crippen LogP contribution in [0.2, 0.25) is 0 Å². The van der Waals surface area contributed by atoms with Crippen LogP contribution >= 0.6 is 0 Å². The van der Waals surface area contributed by atoms with Gasteiger partial charge in [0, 0.05) is 12.1 Å². The van der Waals surface area contributed by atoms with Crippen molar-refractivity contribution in [1.82, 2.24) is 10.2 Å². The third-order valence-electron chi connectivity index (χ3n) is 4.69. The van der Waals surface area contributed by atoms with Crippen molar-refractivity contribution < 1.29 is 9.53 Å². The summed E-state index contributed by atoms with van der Waals surface area (Å²) in [4.78, 5) is 14.7. The molecule has 27 heavy (non-hydrogen) atoms. The molecule has 4 heteroatoms. The first-order valence-electron chi connectivity index (χ1n) is 9.25. The Morgan fingerprint density at radius 1 is 1.00 bits per heavy atom. The molecule has 0 saturated heterocycles. The van der Waals surface area contributed by atoms with Gasteiger partial charge in [-0.2, -0.15) is 0 Å². The van der Waals surface area contributed by atoms with Crippen molar-refractivity contribution in [1.29, 1.82) is 0 Å². The maximum atomic E-state index is 12.6. The van der Waals surface area contributed by atoms with Gasteiger partial charge in [0.15, 0.2) is 0 Å². The van der Waals surface area contributed by atoms with Gasteiger partial charge < -0.3 is 15.0 Å². The topological polar surface area (TPSA) is 41.6 Å². The van der Waals surface area contributed by atoms with E-state index in [1.54, 1.807) is 12.1 Å². The van der Waals surface area contributed by atoms with E-state index in [1.807, 2.05) is 39.2 Å². The van der Waals surface area contributed by atoms with E-state index in [0.29, 0.717) is 18.7 Å². The molecule has 0 unspecified atom stereocenters. The molecular weight excluding hydrogens is 336 g/mol. The number of hydrogen-bond acceptors (Lipinski definition) is 3. The first-order valence-corrected chi connectivity index (χ1v) is 9.25. The van der Waals surface area contributed by atoms with E-state index >= 15 is 0 Å². The van der Waals surface area contributed by atoms with Crippen LogP contribution in [-0.2, 0) is 0 Å². The van der Waals surface area contributed by atoms with Gasteiger partial charge in [0.2, 0.25) is 0 Å². The van der Waals surface area contributed by atoms with Crippen molar-refractivity contribution in [3.63, 3.8) is 0 Å². The molecule has 0 bridgehead atoms. The Morgan fingerprint density at radius 2 is 1.70 bits per heavy atom. The number of amides is 1. The minimum Gasteiger partial charge on any atom is -0.494 e. The van der Waals surface area contributed by atoms with Crippen LogP contribution in [0.5, 0.6) is 5.75 Å². The molecule has 0 aromatic heterocycles. The van der Waals surface area contributed by atoms with Crippen LogP contribution in [0.25, 0.3) is 10.8 Å².